The molecule has 27 heavy (non-hydrogen) atoms. The van der Waals surface area contributed by atoms with Gasteiger partial charge in [-0.25, -0.2) is 9.97 Å². The molecule has 0 amide bonds. The molecule has 4 rings (SSSR count). The quantitative estimate of drug-likeness (QED) is 0.711. The fourth-order valence-corrected chi connectivity index (χ4v) is 4.32. The van der Waals surface area contributed by atoms with Crippen LogP contribution in [0.25, 0.3) is 10.6 Å². The van der Waals surface area contributed by atoms with Crippen molar-refractivity contribution in [1.29, 1.82) is 0 Å². The molecule has 0 bridgehead atoms. The van der Waals surface area contributed by atoms with Crippen LogP contribution in [0.2, 0.25) is 5.02 Å². The maximum Gasteiger partial charge on any atom is 0.255 e. The van der Waals surface area contributed by atoms with Crippen LogP contribution in [0.4, 0.5) is 0 Å². The summed E-state index contributed by atoms with van der Waals surface area (Å²) in [5, 5.41) is 1.71. The van der Waals surface area contributed by atoms with Gasteiger partial charge in [0, 0.05) is 53.6 Å². The number of benzene rings is 1. The Morgan fingerprint density at radius 1 is 1.30 bits per heavy atom. The average Bonchev–Trinajstić information content (AvgIpc) is 3.11. The second-order valence-corrected chi connectivity index (χ2v) is 8.68. The lowest BCUT2D eigenvalue weighted by molar-refractivity contribution is 0.243. The number of H-pyrrole nitrogens is 1. The molecule has 1 aliphatic rings. The van der Waals surface area contributed by atoms with Crippen molar-refractivity contribution in [1.82, 2.24) is 19.9 Å². The van der Waals surface area contributed by atoms with Crippen molar-refractivity contribution in [2.24, 2.45) is 0 Å². The Balaban J connectivity index is 1.49. The van der Waals surface area contributed by atoms with Crippen LogP contribution in [0, 0.1) is 0 Å². The highest BCUT2D eigenvalue weighted by Crippen LogP contribution is 2.28. The fraction of sp³-hybridized carbons (Fsp3) is 0.350. The van der Waals surface area contributed by atoms with Gasteiger partial charge < -0.3 is 4.98 Å². The lowest BCUT2D eigenvalue weighted by atomic mass is 10.1. The molecule has 3 heterocycles. The van der Waals surface area contributed by atoms with Gasteiger partial charge in [0.15, 0.2) is 0 Å². The predicted molar refractivity (Wildman–Crippen MR) is 109 cm³/mol. The molecule has 1 aliphatic heterocycles. The second kappa shape index (κ2) is 7.54. The van der Waals surface area contributed by atoms with E-state index in [-0.39, 0.29) is 11.5 Å². The minimum Gasteiger partial charge on any atom is -0.310 e. The normalized spacial score (nSPS) is 14.5. The first-order chi connectivity index (χ1) is 13.0. The van der Waals surface area contributed by atoms with E-state index in [0.717, 1.165) is 52.2 Å². The number of hydrogen-bond donors (Lipinski definition) is 1. The van der Waals surface area contributed by atoms with Crippen molar-refractivity contribution in [2.75, 3.05) is 6.54 Å². The van der Waals surface area contributed by atoms with E-state index in [1.165, 1.54) is 4.88 Å². The highest BCUT2D eigenvalue weighted by atomic mass is 35.5. The summed E-state index contributed by atoms with van der Waals surface area (Å²) in [5.41, 5.74) is 2.82. The van der Waals surface area contributed by atoms with Gasteiger partial charge >= 0.3 is 0 Å². The Kier molecular flexibility index (Phi) is 5.12. The third-order valence-electron chi connectivity index (χ3n) is 4.74. The Hall–Kier alpha value is -2.02. The van der Waals surface area contributed by atoms with E-state index in [2.05, 4.69) is 19.9 Å². The molecule has 0 saturated carbocycles. The first kappa shape index (κ1) is 18.3. The number of halogens is 1. The zero-order valence-corrected chi connectivity index (χ0v) is 16.9. The molecular weight excluding hydrogens is 380 g/mol. The summed E-state index contributed by atoms with van der Waals surface area (Å²) in [6.07, 6.45) is 2.73. The Labute approximate surface area is 167 Å². The van der Waals surface area contributed by atoms with E-state index < -0.39 is 0 Å². The molecular formula is C20H21ClN4OS. The largest absolute Gasteiger partial charge is 0.310 e. The zero-order chi connectivity index (χ0) is 19.0. The van der Waals surface area contributed by atoms with Crippen LogP contribution in [-0.2, 0) is 19.5 Å². The third-order valence-corrected chi connectivity index (χ3v) is 6.02. The van der Waals surface area contributed by atoms with Crippen molar-refractivity contribution in [3.05, 3.63) is 67.8 Å². The van der Waals surface area contributed by atoms with Gasteiger partial charge in [-0.2, -0.15) is 0 Å². The first-order valence-electron chi connectivity index (χ1n) is 9.04. The van der Waals surface area contributed by atoms with Gasteiger partial charge in [0.1, 0.15) is 10.8 Å². The Morgan fingerprint density at radius 3 is 2.81 bits per heavy atom. The maximum atomic E-state index is 12.5. The minimum atomic E-state index is -0.000409. The fourth-order valence-electron chi connectivity index (χ4n) is 3.24. The van der Waals surface area contributed by atoms with Crippen LogP contribution in [-0.4, -0.2) is 26.4 Å². The molecule has 1 N–H and O–H groups in total. The van der Waals surface area contributed by atoms with Gasteiger partial charge in [0.2, 0.25) is 0 Å². The first-order valence-corrected chi connectivity index (χ1v) is 10.2. The summed E-state index contributed by atoms with van der Waals surface area (Å²) in [6, 6.07) is 7.73. The summed E-state index contributed by atoms with van der Waals surface area (Å²) < 4.78 is 0. The van der Waals surface area contributed by atoms with E-state index in [0.29, 0.717) is 6.54 Å². The molecule has 7 heteroatoms. The smallest absolute Gasteiger partial charge is 0.255 e. The van der Waals surface area contributed by atoms with Crippen molar-refractivity contribution < 1.29 is 0 Å². The molecule has 0 radical (unpaired) electrons. The standard InChI is InChI=1S/C20H21ClN4OS/c1-12(2)18-23-17-7-8-25(11-16(17)19(26)24-18)10-15-9-22-20(27-15)13-3-5-14(21)6-4-13/h3-6,9,12H,7-8,10-11H2,1-2H3,(H,23,24,26). The van der Waals surface area contributed by atoms with E-state index in [1.54, 1.807) is 11.3 Å². The molecule has 0 saturated heterocycles. The number of fused-ring (bicyclic) bond motifs is 1. The minimum absolute atomic E-state index is 0.000409. The summed E-state index contributed by atoms with van der Waals surface area (Å²) in [4.78, 5) is 28.1. The summed E-state index contributed by atoms with van der Waals surface area (Å²) in [6.45, 7) is 6.40. The number of rotatable bonds is 4. The Morgan fingerprint density at radius 2 is 2.07 bits per heavy atom. The molecule has 2 aromatic heterocycles. The van der Waals surface area contributed by atoms with E-state index >= 15 is 0 Å². The molecule has 0 atom stereocenters. The molecule has 1 aromatic carbocycles. The number of thiazole rings is 1. The van der Waals surface area contributed by atoms with Crippen LogP contribution >= 0.6 is 22.9 Å². The van der Waals surface area contributed by atoms with Crippen molar-refractivity contribution in [3.63, 3.8) is 0 Å². The van der Waals surface area contributed by atoms with Gasteiger partial charge in [-0.3, -0.25) is 9.69 Å². The maximum absolute atomic E-state index is 12.5. The average molecular weight is 401 g/mol. The van der Waals surface area contributed by atoms with Crippen molar-refractivity contribution in [3.8, 4) is 10.6 Å². The number of hydrogen-bond acceptors (Lipinski definition) is 5. The number of nitrogens with one attached hydrogen (secondary N) is 1. The molecule has 140 valence electrons. The van der Waals surface area contributed by atoms with E-state index in [1.807, 2.05) is 44.3 Å². The summed E-state index contributed by atoms with van der Waals surface area (Å²) >= 11 is 7.64. The molecule has 0 fully saturated rings. The van der Waals surface area contributed by atoms with Gasteiger partial charge in [-0.05, 0) is 12.1 Å². The molecule has 0 spiro atoms. The SMILES string of the molecule is CC(C)c1nc2c(c(=O)[nH]1)CN(Cc1cnc(-c3ccc(Cl)cc3)s1)CC2. The van der Waals surface area contributed by atoms with E-state index in [9.17, 15) is 4.79 Å². The van der Waals surface area contributed by atoms with E-state index in [4.69, 9.17) is 11.6 Å². The van der Waals surface area contributed by atoms with Crippen molar-refractivity contribution >= 4 is 22.9 Å². The lowest BCUT2D eigenvalue weighted by Crippen LogP contribution is -2.35. The highest BCUT2D eigenvalue weighted by Gasteiger charge is 2.22. The van der Waals surface area contributed by atoms with Gasteiger partial charge in [0.05, 0.1) is 11.3 Å². The Bertz CT molecular complexity index is 1010. The summed E-state index contributed by atoms with van der Waals surface area (Å²) in [7, 11) is 0. The third kappa shape index (κ3) is 3.98. The topological polar surface area (TPSA) is 61.9 Å². The summed E-state index contributed by atoms with van der Waals surface area (Å²) in [5.74, 6) is 1.01. The van der Waals surface area contributed by atoms with Gasteiger partial charge in [-0.1, -0.05) is 37.6 Å². The highest BCUT2D eigenvalue weighted by molar-refractivity contribution is 7.15. The van der Waals surface area contributed by atoms with Crippen LogP contribution in [0.15, 0.2) is 35.3 Å². The number of aromatic nitrogens is 3. The van der Waals surface area contributed by atoms with Gasteiger partial charge in [-0.15, -0.1) is 11.3 Å². The predicted octanol–water partition coefficient (Wildman–Crippen LogP) is 4.23. The monoisotopic (exact) mass is 400 g/mol. The van der Waals surface area contributed by atoms with Crippen molar-refractivity contribution in [2.45, 2.75) is 39.3 Å². The number of nitrogens with zero attached hydrogens (tertiary/aromatic N) is 3. The lowest BCUT2D eigenvalue weighted by Gasteiger charge is -2.27. The molecule has 5 nitrogen and oxygen atoms in total. The zero-order valence-electron chi connectivity index (χ0n) is 15.3. The van der Waals surface area contributed by atoms with Gasteiger partial charge in [0.25, 0.3) is 5.56 Å². The van der Waals surface area contributed by atoms with Crippen LogP contribution in [0.1, 0.15) is 41.7 Å². The molecule has 0 aliphatic carbocycles. The van der Waals surface area contributed by atoms with Crippen LogP contribution in [0.5, 0.6) is 0 Å². The second-order valence-electron chi connectivity index (χ2n) is 7.13. The molecule has 0 unspecified atom stereocenters. The number of aromatic amines is 1. The van der Waals surface area contributed by atoms with Crippen LogP contribution < -0.4 is 5.56 Å². The molecule has 3 aromatic rings. The van der Waals surface area contributed by atoms with Crippen LogP contribution in [0.3, 0.4) is 0 Å².